The van der Waals surface area contributed by atoms with E-state index in [1.807, 2.05) is 44.1 Å². The summed E-state index contributed by atoms with van der Waals surface area (Å²) in [6.45, 7) is 1.97. The number of hydrogen-bond donors (Lipinski definition) is 1. The third-order valence-electron chi connectivity index (χ3n) is 3.98. The monoisotopic (exact) mass is 496 g/mol. The van der Waals surface area contributed by atoms with Crippen molar-refractivity contribution >= 4 is 49.4 Å². The van der Waals surface area contributed by atoms with Gasteiger partial charge in [0.1, 0.15) is 12.3 Å². The van der Waals surface area contributed by atoms with Crippen LogP contribution in [-0.2, 0) is 14.8 Å². The average molecular weight is 497 g/mol. The second-order valence-corrected chi connectivity index (χ2v) is 9.36. The van der Waals surface area contributed by atoms with Gasteiger partial charge in [0.15, 0.2) is 0 Å². The molecule has 30 heavy (non-hydrogen) atoms. The molecule has 0 fully saturated rings. The third-order valence-corrected chi connectivity index (χ3v) is 5.76. The largest absolute Gasteiger partial charge is 0.494 e. The Balaban J connectivity index is 2.06. The second kappa shape index (κ2) is 10.4. The first-order valence-electron chi connectivity index (χ1n) is 9.11. The smallest absolute Gasteiger partial charge is 0.260 e. The Morgan fingerprint density at radius 1 is 1.20 bits per heavy atom. The van der Waals surface area contributed by atoms with E-state index >= 15 is 0 Å². The van der Waals surface area contributed by atoms with Gasteiger partial charge in [0, 0.05) is 18.6 Å². The Morgan fingerprint density at radius 3 is 2.40 bits per heavy atom. The van der Waals surface area contributed by atoms with E-state index in [4.69, 9.17) is 4.74 Å². The molecule has 162 valence electrons. The summed E-state index contributed by atoms with van der Waals surface area (Å²) in [7, 11) is 0.208. The fourth-order valence-electron chi connectivity index (χ4n) is 2.59. The van der Waals surface area contributed by atoms with Gasteiger partial charge in [-0.15, -0.1) is 0 Å². The van der Waals surface area contributed by atoms with Crippen molar-refractivity contribution in [1.29, 1.82) is 0 Å². The highest BCUT2D eigenvalue weighted by atomic mass is 79.9. The van der Waals surface area contributed by atoms with Crippen molar-refractivity contribution in [2.24, 2.45) is 5.10 Å². The van der Waals surface area contributed by atoms with Gasteiger partial charge >= 0.3 is 0 Å². The van der Waals surface area contributed by atoms with Crippen LogP contribution in [0.2, 0.25) is 0 Å². The number of benzene rings is 2. The highest BCUT2D eigenvalue weighted by molar-refractivity contribution is 9.10. The summed E-state index contributed by atoms with van der Waals surface area (Å²) >= 11 is 3.49. The zero-order valence-electron chi connectivity index (χ0n) is 17.3. The molecular formula is C20H25BrN4O4S. The molecule has 0 radical (unpaired) electrons. The van der Waals surface area contributed by atoms with Crippen LogP contribution in [0.25, 0.3) is 0 Å². The predicted molar refractivity (Wildman–Crippen MR) is 124 cm³/mol. The van der Waals surface area contributed by atoms with Crippen LogP contribution in [0, 0.1) is 0 Å². The number of carbonyl (C=O) groups is 1. The normalized spacial score (nSPS) is 11.4. The number of anilines is 2. The van der Waals surface area contributed by atoms with Gasteiger partial charge < -0.3 is 9.64 Å². The van der Waals surface area contributed by atoms with E-state index < -0.39 is 22.5 Å². The number of rotatable bonds is 9. The van der Waals surface area contributed by atoms with Crippen LogP contribution in [0.5, 0.6) is 5.75 Å². The molecule has 0 aliphatic carbocycles. The van der Waals surface area contributed by atoms with Crippen molar-refractivity contribution in [3.05, 3.63) is 52.5 Å². The van der Waals surface area contributed by atoms with Crippen molar-refractivity contribution in [3.63, 3.8) is 0 Å². The van der Waals surface area contributed by atoms with Crippen molar-refractivity contribution in [2.75, 3.05) is 42.7 Å². The number of halogens is 1. The Morgan fingerprint density at radius 2 is 1.87 bits per heavy atom. The third kappa shape index (κ3) is 6.74. The van der Waals surface area contributed by atoms with Crippen LogP contribution in [-0.4, -0.2) is 54.0 Å². The molecule has 0 aliphatic rings. The molecule has 1 N–H and O–H groups in total. The fourth-order valence-corrected chi connectivity index (χ4v) is 4.19. The lowest BCUT2D eigenvalue weighted by Gasteiger charge is -2.21. The Labute approximate surface area is 185 Å². The van der Waals surface area contributed by atoms with E-state index in [1.54, 1.807) is 24.3 Å². The van der Waals surface area contributed by atoms with Crippen molar-refractivity contribution < 1.29 is 17.9 Å². The first-order chi connectivity index (χ1) is 14.1. The van der Waals surface area contributed by atoms with Gasteiger partial charge in [-0.25, -0.2) is 13.8 Å². The minimum absolute atomic E-state index is 0.364. The molecule has 10 heteroatoms. The average Bonchev–Trinajstić information content (AvgIpc) is 2.66. The minimum Gasteiger partial charge on any atom is -0.494 e. The molecule has 0 aliphatic heterocycles. The van der Waals surface area contributed by atoms with E-state index in [0.29, 0.717) is 18.0 Å². The summed E-state index contributed by atoms with van der Waals surface area (Å²) < 4.78 is 31.6. The predicted octanol–water partition coefficient (Wildman–Crippen LogP) is 2.83. The van der Waals surface area contributed by atoms with Gasteiger partial charge in [-0.1, -0.05) is 6.07 Å². The molecule has 0 heterocycles. The fraction of sp³-hybridized carbons (Fsp3) is 0.300. The van der Waals surface area contributed by atoms with E-state index in [1.165, 1.54) is 6.21 Å². The summed E-state index contributed by atoms with van der Waals surface area (Å²) in [6.07, 6.45) is 2.54. The van der Waals surface area contributed by atoms with Crippen LogP contribution in [0.1, 0.15) is 12.5 Å². The van der Waals surface area contributed by atoms with Crippen LogP contribution < -0.4 is 19.4 Å². The quantitative estimate of drug-likeness (QED) is 0.425. The maximum atomic E-state index is 12.3. The first kappa shape index (κ1) is 23.7. The highest BCUT2D eigenvalue weighted by Crippen LogP contribution is 2.25. The first-order valence-corrected chi connectivity index (χ1v) is 11.7. The number of nitrogens with zero attached hydrogens (tertiary/aromatic N) is 3. The molecule has 2 rings (SSSR count). The molecule has 0 spiro atoms. The Bertz CT molecular complexity index is 1010. The van der Waals surface area contributed by atoms with E-state index in [9.17, 15) is 13.2 Å². The number of ether oxygens (including phenoxy) is 1. The molecule has 2 aromatic rings. The number of carbonyl (C=O) groups excluding carboxylic acids is 1. The molecule has 2 aromatic carbocycles. The highest BCUT2D eigenvalue weighted by Gasteiger charge is 2.20. The van der Waals surface area contributed by atoms with Crippen LogP contribution in [0.15, 0.2) is 52.0 Å². The lowest BCUT2D eigenvalue weighted by Crippen LogP contribution is -2.39. The zero-order valence-corrected chi connectivity index (χ0v) is 19.7. The van der Waals surface area contributed by atoms with Crippen molar-refractivity contribution in [3.8, 4) is 5.75 Å². The van der Waals surface area contributed by atoms with Crippen molar-refractivity contribution in [1.82, 2.24) is 5.43 Å². The molecule has 8 nitrogen and oxygen atoms in total. The maximum absolute atomic E-state index is 12.3. The molecule has 0 saturated heterocycles. The summed E-state index contributed by atoms with van der Waals surface area (Å²) in [4.78, 5) is 14.2. The Hall–Kier alpha value is -2.59. The van der Waals surface area contributed by atoms with E-state index in [-0.39, 0.29) is 0 Å². The van der Waals surface area contributed by atoms with E-state index in [2.05, 4.69) is 26.5 Å². The molecule has 0 aromatic heterocycles. The minimum atomic E-state index is -3.66. The number of nitrogens with one attached hydrogen (secondary N) is 1. The second-order valence-electron chi connectivity index (χ2n) is 6.60. The maximum Gasteiger partial charge on any atom is 0.260 e. The standard InChI is InChI=1S/C20H25BrN4O4S/c1-5-29-17-9-7-16(8-10-17)25(30(4,27)28)14-20(26)23-22-13-15-6-11-19(24(2)3)18(21)12-15/h6-13H,5,14H2,1-4H3,(H,23,26)/b22-13-. The molecular weight excluding hydrogens is 472 g/mol. The van der Waals surface area contributed by atoms with Gasteiger partial charge in [-0.3, -0.25) is 9.10 Å². The lowest BCUT2D eigenvalue weighted by molar-refractivity contribution is -0.119. The molecule has 0 atom stereocenters. The summed E-state index contributed by atoms with van der Waals surface area (Å²) in [6, 6.07) is 12.1. The van der Waals surface area contributed by atoms with Gasteiger partial charge in [-0.2, -0.15) is 5.10 Å². The van der Waals surface area contributed by atoms with Crippen LogP contribution in [0.4, 0.5) is 11.4 Å². The number of hydrogen-bond acceptors (Lipinski definition) is 6. The van der Waals surface area contributed by atoms with Gasteiger partial charge in [0.05, 0.1) is 30.5 Å². The van der Waals surface area contributed by atoms with Crippen LogP contribution in [0.3, 0.4) is 0 Å². The van der Waals surface area contributed by atoms with E-state index in [0.717, 1.165) is 26.3 Å². The zero-order chi connectivity index (χ0) is 22.3. The van der Waals surface area contributed by atoms with Crippen LogP contribution >= 0.6 is 15.9 Å². The van der Waals surface area contributed by atoms with Gasteiger partial charge in [-0.05, 0) is 64.8 Å². The number of hydrazone groups is 1. The van der Waals surface area contributed by atoms with Gasteiger partial charge in [0.25, 0.3) is 5.91 Å². The SMILES string of the molecule is CCOc1ccc(N(CC(=O)N/N=C\c2ccc(N(C)C)c(Br)c2)S(C)(=O)=O)cc1. The summed E-state index contributed by atoms with van der Waals surface area (Å²) in [5.41, 5.74) is 4.52. The van der Waals surface area contributed by atoms with Gasteiger partial charge in [0.2, 0.25) is 10.0 Å². The molecule has 0 saturated carbocycles. The number of sulfonamides is 1. The topological polar surface area (TPSA) is 91.3 Å². The molecule has 0 unspecified atom stereocenters. The lowest BCUT2D eigenvalue weighted by atomic mass is 10.2. The Kier molecular flexibility index (Phi) is 8.24. The summed E-state index contributed by atoms with van der Waals surface area (Å²) in [5.74, 6) is 0.0599. The van der Waals surface area contributed by atoms with Crippen molar-refractivity contribution in [2.45, 2.75) is 6.92 Å². The molecule has 1 amide bonds. The molecule has 0 bridgehead atoms. The number of amides is 1. The summed E-state index contributed by atoms with van der Waals surface area (Å²) in [5, 5.41) is 3.92.